The highest BCUT2D eigenvalue weighted by molar-refractivity contribution is 9.11. The summed E-state index contributed by atoms with van der Waals surface area (Å²) in [4.78, 5) is 0. The Bertz CT molecular complexity index is 1050. The zero-order valence-electron chi connectivity index (χ0n) is 14.6. The molecule has 0 atom stereocenters. The third-order valence-corrected chi connectivity index (χ3v) is 8.64. The average molecular weight is 468 g/mol. The zero-order valence-corrected chi connectivity index (χ0v) is 17.8. The number of hydrogen-bond acceptors (Lipinski definition) is 6. The van der Waals surface area contributed by atoms with Gasteiger partial charge < -0.3 is 4.42 Å². The summed E-state index contributed by atoms with van der Waals surface area (Å²) >= 11 is 4.56. The molecule has 27 heavy (non-hydrogen) atoms. The summed E-state index contributed by atoms with van der Waals surface area (Å²) in [5.74, 6) is 1.17. The van der Waals surface area contributed by atoms with Crippen molar-refractivity contribution in [2.45, 2.75) is 29.9 Å². The van der Waals surface area contributed by atoms with Gasteiger partial charge in [-0.25, -0.2) is 8.42 Å². The Morgan fingerprint density at radius 2 is 1.96 bits per heavy atom. The molecular weight excluding hydrogens is 450 g/mol. The van der Waals surface area contributed by atoms with Crippen LogP contribution in [0.3, 0.4) is 0 Å². The lowest BCUT2D eigenvalue weighted by atomic mass is 9.98. The maximum absolute atomic E-state index is 12.7. The van der Waals surface area contributed by atoms with Crippen LogP contribution < -0.4 is 0 Å². The topological polar surface area (TPSA) is 76.3 Å². The second kappa shape index (κ2) is 7.46. The first-order valence-electron chi connectivity index (χ1n) is 8.59. The molecule has 1 aliphatic rings. The van der Waals surface area contributed by atoms with Gasteiger partial charge in [0, 0.05) is 24.6 Å². The van der Waals surface area contributed by atoms with E-state index in [2.05, 4.69) is 26.1 Å². The highest BCUT2D eigenvalue weighted by Crippen LogP contribution is 2.34. The van der Waals surface area contributed by atoms with Gasteiger partial charge in [-0.15, -0.1) is 21.5 Å². The number of sulfonamides is 1. The first kappa shape index (κ1) is 18.8. The summed E-state index contributed by atoms with van der Waals surface area (Å²) in [6, 6.07) is 11.3. The predicted octanol–water partition coefficient (Wildman–Crippen LogP) is 4.44. The molecule has 0 aliphatic carbocycles. The van der Waals surface area contributed by atoms with Crippen molar-refractivity contribution in [1.29, 1.82) is 0 Å². The van der Waals surface area contributed by atoms with Gasteiger partial charge in [0.2, 0.25) is 11.8 Å². The molecular formula is C18H18BrN3O3S2. The van der Waals surface area contributed by atoms with Gasteiger partial charge >= 0.3 is 0 Å². The Labute approximate surface area is 170 Å². The third-order valence-electron chi connectivity index (χ3n) is 4.65. The van der Waals surface area contributed by atoms with Crippen molar-refractivity contribution >= 4 is 37.3 Å². The van der Waals surface area contributed by atoms with Gasteiger partial charge in [0.05, 0.1) is 3.79 Å². The molecule has 1 aromatic carbocycles. The van der Waals surface area contributed by atoms with Crippen LogP contribution in [0, 0.1) is 6.92 Å². The largest absolute Gasteiger partial charge is 0.420 e. The van der Waals surface area contributed by atoms with E-state index in [0.717, 1.165) is 14.9 Å². The summed E-state index contributed by atoms with van der Waals surface area (Å²) in [6.45, 7) is 2.92. The lowest BCUT2D eigenvalue weighted by molar-refractivity contribution is 0.292. The first-order valence-corrected chi connectivity index (χ1v) is 11.6. The highest BCUT2D eigenvalue weighted by atomic mass is 79.9. The SMILES string of the molecule is Cc1cccc(-c2nnc(C3CCN(S(=O)(=O)c4ccc(Br)s4)CC3)o2)c1. The van der Waals surface area contributed by atoms with Crippen molar-refractivity contribution in [3.8, 4) is 11.5 Å². The van der Waals surface area contributed by atoms with E-state index in [0.29, 0.717) is 41.9 Å². The van der Waals surface area contributed by atoms with E-state index >= 15 is 0 Å². The standard InChI is InChI=1S/C18H18BrN3O3S2/c1-12-3-2-4-14(11-12)18-21-20-17(25-18)13-7-9-22(10-8-13)27(23,24)16-6-5-15(19)26-16/h2-6,11,13H,7-10H2,1H3. The molecule has 0 amide bonds. The zero-order chi connectivity index (χ0) is 19.0. The van der Waals surface area contributed by atoms with Crippen molar-refractivity contribution in [3.05, 3.63) is 51.6 Å². The van der Waals surface area contributed by atoms with Crippen LogP contribution >= 0.6 is 27.3 Å². The Balaban J connectivity index is 1.45. The van der Waals surface area contributed by atoms with Crippen LogP contribution in [0.15, 0.2) is 48.8 Å². The predicted molar refractivity (Wildman–Crippen MR) is 107 cm³/mol. The molecule has 3 heterocycles. The minimum Gasteiger partial charge on any atom is -0.420 e. The van der Waals surface area contributed by atoms with E-state index in [9.17, 15) is 8.42 Å². The van der Waals surface area contributed by atoms with E-state index in [1.165, 1.54) is 11.3 Å². The van der Waals surface area contributed by atoms with Crippen LogP contribution in [-0.2, 0) is 10.0 Å². The number of hydrogen-bond donors (Lipinski definition) is 0. The number of benzene rings is 1. The molecule has 4 rings (SSSR count). The molecule has 0 saturated carbocycles. The Kier molecular flexibility index (Phi) is 5.19. The van der Waals surface area contributed by atoms with E-state index in [-0.39, 0.29) is 5.92 Å². The van der Waals surface area contributed by atoms with Gasteiger partial charge in [-0.3, -0.25) is 0 Å². The molecule has 1 fully saturated rings. The molecule has 2 aromatic heterocycles. The van der Waals surface area contributed by atoms with Crippen LogP contribution in [0.1, 0.15) is 30.2 Å². The van der Waals surface area contributed by atoms with Crippen LogP contribution in [0.2, 0.25) is 0 Å². The maximum Gasteiger partial charge on any atom is 0.252 e. The number of halogens is 1. The lowest BCUT2D eigenvalue weighted by Gasteiger charge is -2.29. The fourth-order valence-corrected chi connectivity index (χ4v) is 6.83. The van der Waals surface area contributed by atoms with Gasteiger partial charge in [0.15, 0.2) is 0 Å². The summed E-state index contributed by atoms with van der Waals surface area (Å²) in [5.41, 5.74) is 2.03. The fraction of sp³-hybridized carbons (Fsp3) is 0.333. The molecule has 0 radical (unpaired) electrons. The Hall–Kier alpha value is -1.55. The second-order valence-corrected chi connectivity index (χ2v) is 11.2. The van der Waals surface area contributed by atoms with Crippen LogP contribution in [0.25, 0.3) is 11.5 Å². The second-order valence-electron chi connectivity index (χ2n) is 6.55. The van der Waals surface area contributed by atoms with Crippen LogP contribution in [0.4, 0.5) is 0 Å². The molecule has 142 valence electrons. The Morgan fingerprint density at radius 1 is 1.19 bits per heavy atom. The molecule has 0 spiro atoms. The van der Waals surface area contributed by atoms with Crippen molar-refractivity contribution < 1.29 is 12.8 Å². The van der Waals surface area contributed by atoms with Gasteiger partial charge in [-0.1, -0.05) is 17.7 Å². The van der Waals surface area contributed by atoms with E-state index in [1.54, 1.807) is 16.4 Å². The number of thiophene rings is 1. The third kappa shape index (κ3) is 3.87. The van der Waals surface area contributed by atoms with E-state index in [1.807, 2.05) is 31.2 Å². The number of aromatic nitrogens is 2. The van der Waals surface area contributed by atoms with Crippen LogP contribution in [0.5, 0.6) is 0 Å². The van der Waals surface area contributed by atoms with Gasteiger partial charge in [0.1, 0.15) is 4.21 Å². The summed E-state index contributed by atoms with van der Waals surface area (Å²) in [7, 11) is -3.43. The van der Waals surface area contributed by atoms with Gasteiger partial charge in [-0.2, -0.15) is 4.31 Å². The maximum atomic E-state index is 12.7. The summed E-state index contributed by atoms with van der Waals surface area (Å²) < 4.78 is 34.1. The first-order chi connectivity index (χ1) is 12.9. The van der Waals surface area contributed by atoms with Crippen molar-refractivity contribution in [2.24, 2.45) is 0 Å². The molecule has 0 N–H and O–H groups in total. The van der Waals surface area contributed by atoms with Crippen molar-refractivity contribution in [3.63, 3.8) is 0 Å². The molecule has 9 heteroatoms. The summed E-state index contributed by atoms with van der Waals surface area (Å²) in [6.07, 6.45) is 1.34. The molecule has 6 nitrogen and oxygen atoms in total. The van der Waals surface area contributed by atoms with E-state index in [4.69, 9.17) is 4.42 Å². The van der Waals surface area contributed by atoms with Crippen LogP contribution in [-0.4, -0.2) is 36.0 Å². The number of aryl methyl sites for hydroxylation is 1. The minimum atomic E-state index is -3.43. The Morgan fingerprint density at radius 3 is 2.63 bits per heavy atom. The van der Waals surface area contributed by atoms with Crippen molar-refractivity contribution in [1.82, 2.24) is 14.5 Å². The monoisotopic (exact) mass is 467 g/mol. The van der Waals surface area contributed by atoms with E-state index < -0.39 is 10.0 Å². The molecule has 0 unspecified atom stereocenters. The van der Waals surface area contributed by atoms with Gasteiger partial charge in [-0.05, 0) is 60.0 Å². The highest BCUT2D eigenvalue weighted by Gasteiger charge is 2.32. The quantitative estimate of drug-likeness (QED) is 0.566. The molecule has 1 saturated heterocycles. The molecule has 0 bridgehead atoms. The number of piperidine rings is 1. The number of nitrogens with zero attached hydrogens (tertiary/aromatic N) is 3. The van der Waals surface area contributed by atoms with Gasteiger partial charge in [0.25, 0.3) is 10.0 Å². The molecule has 1 aliphatic heterocycles. The molecule has 3 aromatic rings. The van der Waals surface area contributed by atoms with Crippen molar-refractivity contribution in [2.75, 3.05) is 13.1 Å². The smallest absolute Gasteiger partial charge is 0.252 e. The average Bonchev–Trinajstić information content (AvgIpc) is 3.31. The fourth-order valence-electron chi connectivity index (χ4n) is 3.20. The minimum absolute atomic E-state index is 0.0811. The summed E-state index contributed by atoms with van der Waals surface area (Å²) in [5, 5.41) is 8.37. The lowest BCUT2D eigenvalue weighted by Crippen LogP contribution is -2.37. The normalized spacial score (nSPS) is 16.7. The number of rotatable bonds is 4.